The number of rotatable bonds is 4. The van der Waals surface area contributed by atoms with Gasteiger partial charge < -0.3 is 0 Å². The van der Waals surface area contributed by atoms with Crippen molar-refractivity contribution in [2.45, 2.75) is 128 Å². The van der Waals surface area contributed by atoms with Crippen molar-refractivity contribution in [2.75, 3.05) is 0 Å². The van der Waals surface area contributed by atoms with Crippen molar-refractivity contribution in [3.8, 4) is 0 Å². The average Bonchev–Trinajstić information content (AvgIpc) is 2.92. The summed E-state index contributed by atoms with van der Waals surface area (Å²) in [5.41, 5.74) is 12.7. The number of nitrogens with zero attached hydrogens (tertiary/aromatic N) is 4. The smallest absolute Gasteiger partial charge is 0.0603 e. The molecule has 4 nitrogen and oxygen atoms in total. The summed E-state index contributed by atoms with van der Waals surface area (Å²) < 4.78 is 0. The minimum absolute atomic E-state index is 0. The summed E-state index contributed by atoms with van der Waals surface area (Å²) >= 11 is 0. The van der Waals surface area contributed by atoms with E-state index in [2.05, 4.69) is 139 Å². The second-order valence-corrected chi connectivity index (χ2v) is 12.5. The molecule has 0 aliphatic carbocycles. The van der Waals surface area contributed by atoms with Gasteiger partial charge in [-0.15, -0.1) is 0 Å². The zero-order valence-electron chi connectivity index (χ0n) is 28.9. The Hall–Kier alpha value is -3.40. The Morgan fingerprint density at radius 1 is 0.465 bits per heavy atom. The molecular formula is C39H60N4. The van der Waals surface area contributed by atoms with Gasteiger partial charge in [0.2, 0.25) is 0 Å². The molecule has 0 unspecified atom stereocenters. The van der Waals surface area contributed by atoms with Crippen LogP contribution < -0.4 is 0 Å². The van der Waals surface area contributed by atoms with Gasteiger partial charge in [0.1, 0.15) is 0 Å². The fraction of sp³-hybridized carbons (Fsp3) is 0.487. The molecule has 4 heteroatoms. The van der Waals surface area contributed by atoms with Gasteiger partial charge in [0.05, 0.1) is 11.9 Å². The first-order chi connectivity index (χ1) is 19.6. The molecule has 4 rings (SSSR count). The third-order valence-electron chi connectivity index (χ3n) is 7.28. The molecule has 0 aliphatic heterocycles. The highest BCUT2D eigenvalue weighted by atomic mass is 15.1. The van der Waals surface area contributed by atoms with Crippen molar-refractivity contribution < 1.29 is 0 Å². The Morgan fingerprint density at radius 3 is 1.37 bits per heavy atom. The number of hydrogen-bond donors (Lipinski definition) is 0. The summed E-state index contributed by atoms with van der Waals surface area (Å²) in [5.74, 6) is 2.40. The Kier molecular flexibility index (Phi) is 18.2. The van der Waals surface area contributed by atoms with Gasteiger partial charge in [0, 0.05) is 23.8 Å². The molecule has 0 N–H and O–H groups in total. The normalized spacial score (nSPS) is 10.3. The van der Waals surface area contributed by atoms with Crippen LogP contribution in [0.3, 0.4) is 0 Å². The van der Waals surface area contributed by atoms with Gasteiger partial charge in [0.25, 0.3) is 0 Å². The van der Waals surface area contributed by atoms with E-state index in [0.717, 1.165) is 17.1 Å². The van der Waals surface area contributed by atoms with Crippen molar-refractivity contribution in [3.63, 3.8) is 0 Å². The largest absolute Gasteiger partial charge is 0.262 e. The first-order valence-corrected chi connectivity index (χ1v) is 15.3. The molecule has 236 valence electrons. The number of hydrogen-bond acceptors (Lipinski definition) is 4. The van der Waals surface area contributed by atoms with E-state index in [-0.39, 0.29) is 7.43 Å². The van der Waals surface area contributed by atoms with E-state index >= 15 is 0 Å². The van der Waals surface area contributed by atoms with E-state index in [4.69, 9.17) is 0 Å². The summed E-state index contributed by atoms with van der Waals surface area (Å²) in [6, 6.07) is 15.2. The van der Waals surface area contributed by atoms with Crippen LogP contribution in [0.5, 0.6) is 0 Å². The maximum atomic E-state index is 4.30. The number of aromatic nitrogens is 4. The lowest BCUT2D eigenvalue weighted by Crippen LogP contribution is -1.93. The van der Waals surface area contributed by atoms with Gasteiger partial charge in [-0.2, -0.15) is 10.2 Å². The summed E-state index contributed by atoms with van der Waals surface area (Å²) in [7, 11) is 0. The Morgan fingerprint density at radius 2 is 0.953 bits per heavy atom. The molecule has 3 heterocycles. The van der Waals surface area contributed by atoms with Gasteiger partial charge >= 0.3 is 0 Å². The monoisotopic (exact) mass is 584 g/mol. The molecular weight excluding hydrogens is 524 g/mol. The molecule has 0 saturated carbocycles. The van der Waals surface area contributed by atoms with E-state index in [9.17, 15) is 0 Å². The van der Waals surface area contributed by atoms with Crippen molar-refractivity contribution in [1.29, 1.82) is 0 Å². The lowest BCUT2D eigenvalue weighted by Gasteiger charge is -2.07. The Bertz CT molecular complexity index is 1250. The predicted molar refractivity (Wildman–Crippen MR) is 188 cm³/mol. The molecule has 0 aliphatic rings. The van der Waals surface area contributed by atoms with Crippen LogP contribution in [-0.2, 0) is 0 Å². The highest BCUT2D eigenvalue weighted by Crippen LogP contribution is 2.18. The predicted octanol–water partition coefficient (Wildman–Crippen LogP) is 11.3. The van der Waals surface area contributed by atoms with Gasteiger partial charge in [-0.05, 0) is 122 Å². The van der Waals surface area contributed by atoms with Crippen LogP contribution in [0.15, 0.2) is 61.1 Å². The average molecular weight is 585 g/mol. The zero-order chi connectivity index (χ0) is 32.0. The molecule has 0 fully saturated rings. The van der Waals surface area contributed by atoms with Crippen LogP contribution in [-0.4, -0.2) is 20.2 Å². The molecule has 1 aromatic carbocycles. The van der Waals surface area contributed by atoms with E-state index in [1.165, 1.54) is 38.9 Å². The second kappa shape index (κ2) is 19.7. The summed E-state index contributed by atoms with van der Waals surface area (Å²) in [5, 5.41) is 7.73. The minimum atomic E-state index is 0. The van der Waals surface area contributed by atoms with Crippen molar-refractivity contribution >= 4 is 0 Å². The summed E-state index contributed by atoms with van der Waals surface area (Å²) in [6.45, 7) is 29.9. The molecule has 0 saturated heterocycles. The van der Waals surface area contributed by atoms with Gasteiger partial charge in [-0.1, -0.05) is 87.1 Å². The van der Waals surface area contributed by atoms with E-state index in [1.807, 2.05) is 39.4 Å². The van der Waals surface area contributed by atoms with E-state index < -0.39 is 0 Å². The SMILES string of the molecule is C.Cc1cc(C(C)C)ccn1.Cc1cc(C(C)C)cnc1C.Cc1cc(C(C)C)cnn1.Cc1ccc(C(C)C)cc1C. The van der Waals surface area contributed by atoms with Gasteiger partial charge in [0.15, 0.2) is 0 Å². The molecule has 0 amide bonds. The first-order valence-electron chi connectivity index (χ1n) is 15.3. The summed E-state index contributed by atoms with van der Waals surface area (Å²) in [4.78, 5) is 8.42. The Balaban J connectivity index is 0.000000543. The molecule has 43 heavy (non-hydrogen) atoms. The third-order valence-corrected chi connectivity index (χ3v) is 7.28. The molecule has 0 radical (unpaired) electrons. The fourth-order valence-corrected chi connectivity index (χ4v) is 3.84. The van der Waals surface area contributed by atoms with Crippen LogP contribution in [0, 0.1) is 41.5 Å². The van der Waals surface area contributed by atoms with Crippen LogP contribution in [0.4, 0.5) is 0 Å². The molecule has 0 spiro atoms. The molecule has 4 aromatic rings. The van der Waals surface area contributed by atoms with E-state index in [0.29, 0.717) is 23.7 Å². The molecule has 3 aromatic heterocycles. The first kappa shape index (κ1) is 39.6. The summed E-state index contributed by atoms with van der Waals surface area (Å²) in [6.07, 6.45) is 5.65. The quantitative estimate of drug-likeness (QED) is 0.239. The number of pyridine rings is 2. The van der Waals surface area contributed by atoms with Crippen LogP contribution >= 0.6 is 0 Å². The van der Waals surface area contributed by atoms with Gasteiger partial charge in [-0.3, -0.25) is 9.97 Å². The van der Waals surface area contributed by atoms with Crippen LogP contribution in [0.2, 0.25) is 0 Å². The Labute approximate surface area is 264 Å². The second-order valence-electron chi connectivity index (χ2n) is 12.5. The van der Waals surface area contributed by atoms with Crippen LogP contribution in [0.25, 0.3) is 0 Å². The fourth-order valence-electron chi connectivity index (χ4n) is 3.84. The third kappa shape index (κ3) is 15.1. The minimum Gasteiger partial charge on any atom is -0.262 e. The van der Waals surface area contributed by atoms with Gasteiger partial charge in [-0.25, -0.2) is 0 Å². The van der Waals surface area contributed by atoms with E-state index in [1.54, 1.807) is 0 Å². The topological polar surface area (TPSA) is 51.6 Å². The van der Waals surface area contributed by atoms with Crippen molar-refractivity contribution in [2.24, 2.45) is 0 Å². The molecule has 0 bridgehead atoms. The maximum Gasteiger partial charge on any atom is 0.0603 e. The number of aryl methyl sites for hydroxylation is 6. The van der Waals surface area contributed by atoms with Crippen LogP contribution in [0.1, 0.15) is 143 Å². The van der Waals surface area contributed by atoms with Crippen molar-refractivity contribution in [3.05, 3.63) is 117 Å². The van der Waals surface area contributed by atoms with Crippen molar-refractivity contribution in [1.82, 2.24) is 20.2 Å². The lowest BCUT2D eigenvalue weighted by atomic mass is 9.99. The molecule has 0 atom stereocenters. The highest BCUT2D eigenvalue weighted by Gasteiger charge is 2.01. The maximum absolute atomic E-state index is 4.30. The number of benzene rings is 1. The highest BCUT2D eigenvalue weighted by molar-refractivity contribution is 5.31. The zero-order valence-corrected chi connectivity index (χ0v) is 28.9. The standard InChI is InChI=1S/C11H16.C10H15N.C9H13N.C8H12N2.CH4/c1-8(2)11-6-5-9(3)10(4)7-11;1-7(2)10-5-8(3)9(4)11-6-10;1-7(2)9-4-5-10-8(3)6-9;1-6(2)8-4-7(3)10-9-5-8;/h5-8H,1-4H3;5-7H,1-4H3;4-7H,1-3H3;4-6H,1-3H3;1H4. The lowest BCUT2D eigenvalue weighted by molar-refractivity contribution is 0.831.